The fourth-order valence-corrected chi connectivity index (χ4v) is 4.43. The summed E-state index contributed by atoms with van der Waals surface area (Å²) in [6.07, 6.45) is -0.983. The zero-order chi connectivity index (χ0) is 22.9. The van der Waals surface area contributed by atoms with E-state index in [4.69, 9.17) is 4.42 Å². The lowest BCUT2D eigenvalue weighted by molar-refractivity contribution is -0.143. The highest BCUT2D eigenvalue weighted by atomic mass is 32.2. The van der Waals surface area contributed by atoms with E-state index < -0.39 is 32.5 Å². The van der Waals surface area contributed by atoms with Gasteiger partial charge in [-0.2, -0.15) is 13.2 Å². The van der Waals surface area contributed by atoms with Gasteiger partial charge in [-0.15, -0.1) is 0 Å². The van der Waals surface area contributed by atoms with E-state index in [0.29, 0.717) is 16.5 Å². The Morgan fingerprint density at radius 1 is 1.06 bits per heavy atom. The maximum absolute atomic E-state index is 13.2. The van der Waals surface area contributed by atoms with Crippen LogP contribution in [0.25, 0.3) is 11.0 Å². The van der Waals surface area contributed by atoms with Gasteiger partial charge in [-0.3, -0.25) is 14.8 Å². The Balaban J connectivity index is 1.50. The molecule has 0 radical (unpaired) electrons. The number of amides is 1. The van der Waals surface area contributed by atoms with Gasteiger partial charge < -0.3 is 9.73 Å². The normalized spacial score (nSPS) is 12.1. The van der Waals surface area contributed by atoms with Crippen LogP contribution >= 0.6 is 0 Å². The molecule has 1 aromatic carbocycles. The molecule has 0 saturated carbocycles. The molecule has 4 aromatic rings. The van der Waals surface area contributed by atoms with Crippen molar-refractivity contribution in [3.63, 3.8) is 0 Å². The molecule has 11 heteroatoms. The summed E-state index contributed by atoms with van der Waals surface area (Å²) >= 11 is 0. The molecule has 0 saturated heterocycles. The van der Waals surface area contributed by atoms with Crippen LogP contribution in [0, 0.1) is 0 Å². The Bertz CT molecular complexity index is 1360. The molecular formula is C21H14F3N3O4S. The van der Waals surface area contributed by atoms with E-state index in [1.165, 1.54) is 30.5 Å². The molecule has 0 fully saturated rings. The molecule has 4 rings (SSSR count). The summed E-state index contributed by atoms with van der Waals surface area (Å²) in [6.45, 7) is 0.0507. The number of sulfone groups is 1. The number of halogens is 3. The molecule has 3 aromatic heterocycles. The van der Waals surface area contributed by atoms with Gasteiger partial charge in [0.2, 0.25) is 9.84 Å². The first-order valence-corrected chi connectivity index (χ1v) is 10.6. The molecule has 1 N–H and O–H groups in total. The van der Waals surface area contributed by atoms with Crippen molar-refractivity contribution >= 4 is 26.7 Å². The number of furan rings is 1. The topological polar surface area (TPSA) is 102 Å². The number of hydrogen-bond acceptors (Lipinski definition) is 6. The number of alkyl halides is 3. The van der Waals surface area contributed by atoms with E-state index >= 15 is 0 Å². The third kappa shape index (κ3) is 4.19. The maximum atomic E-state index is 13.2. The SMILES string of the molecule is O=C(NCc1ccc(S(=O)(=O)c2cccnc2C(F)(F)F)cc1)c1cc2ccncc2o1. The van der Waals surface area contributed by atoms with E-state index in [9.17, 15) is 26.4 Å². The summed E-state index contributed by atoms with van der Waals surface area (Å²) in [5.41, 5.74) is -0.476. The predicted octanol–water partition coefficient (Wildman–Crippen LogP) is 4.00. The first-order chi connectivity index (χ1) is 15.2. The molecular weight excluding hydrogens is 447 g/mol. The highest BCUT2D eigenvalue weighted by Gasteiger charge is 2.39. The van der Waals surface area contributed by atoms with Crippen molar-refractivity contribution in [3.8, 4) is 0 Å². The number of hydrogen-bond donors (Lipinski definition) is 1. The quantitative estimate of drug-likeness (QED) is 0.482. The van der Waals surface area contributed by atoms with Crippen LogP contribution in [-0.4, -0.2) is 24.3 Å². The standard InChI is InChI=1S/C21H14F3N3O4S/c22-21(23,24)19-18(2-1-8-26-19)32(29,30)15-5-3-13(4-6-15)11-27-20(28)16-10-14-7-9-25-12-17(14)31-16/h1-10,12H,11H2,(H,27,28). The van der Waals surface area contributed by atoms with Crippen LogP contribution in [0.3, 0.4) is 0 Å². The van der Waals surface area contributed by atoms with Crippen molar-refractivity contribution in [2.45, 2.75) is 22.5 Å². The van der Waals surface area contributed by atoms with Crippen molar-refractivity contribution in [1.29, 1.82) is 0 Å². The molecule has 164 valence electrons. The third-order valence-corrected chi connectivity index (χ3v) is 6.36. The smallest absolute Gasteiger partial charge is 0.434 e. The molecule has 32 heavy (non-hydrogen) atoms. The van der Waals surface area contributed by atoms with Crippen LogP contribution in [0.15, 0.2) is 81.3 Å². The highest BCUT2D eigenvalue weighted by molar-refractivity contribution is 7.91. The van der Waals surface area contributed by atoms with Gasteiger partial charge in [0.05, 0.1) is 11.1 Å². The maximum Gasteiger partial charge on any atom is 0.434 e. The number of nitrogens with zero attached hydrogens (tertiary/aromatic N) is 2. The molecule has 0 bridgehead atoms. The number of aromatic nitrogens is 2. The first kappa shape index (κ1) is 21.5. The number of nitrogens with one attached hydrogen (secondary N) is 1. The van der Waals surface area contributed by atoms with Crippen molar-refractivity contribution in [2.24, 2.45) is 0 Å². The minimum atomic E-state index is -4.92. The minimum absolute atomic E-state index is 0.0507. The van der Waals surface area contributed by atoms with Crippen LogP contribution in [0.1, 0.15) is 21.8 Å². The van der Waals surface area contributed by atoms with Crippen molar-refractivity contribution in [2.75, 3.05) is 0 Å². The Hall–Kier alpha value is -3.73. The fraction of sp³-hybridized carbons (Fsp3) is 0.0952. The number of carbonyl (C=O) groups excluding carboxylic acids is 1. The van der Waals surface area contributed by atoms with Gasteiger partial charge in [0.15, 0.2) is 17.0 Å². The van der Waals surface area contributed by atoms with Crippen molar-refractivity contribution < 1.29 is 30.8 Å². The fourth-order valence-electron chi connectivity index (χ4n) is 3.00. The number of carbonyl (C=O) groups is 1. The molecule has 3 heterocycles. The van der Waals surface area contributed by atoms with Crippen LogP contribution in [-0.2, 0) is 22.6 Å². The summed E-state index contributed by atoms with van der Waals surface area (Å²) in [6, 6.07) is 10.4. The number of benzene rings is 1. The van der Waals surface area contributed by atoms with Gasteiger partial charge in [0.1, 0.15) is 4.90 Å². The monoisotopic (exact) mass is 461 g/mol. The first-order valence-electron chi connectivity index (χ1n) is 9.14. The Kier molecular flexibility index (Phi) is 5.43. The summed E-state index contributed by atoms with van der Waals surface area (Å²) in [4.78, 5) is 18.1. The van der Waals surface area contributed by atoms with Crippen LogP contribution in [0.5, 0.6) is 0 Å². The summed E-state index contributed by atoms with van der Waals surface area (Å²) in [5.74, 6) is -0.397. The van der Waals surface area contributed by atoms with Gasteiger partial charge in [-0.1, -0.05) is 12.1 Å². The predicted molar refractivity (Wildman–Crippen MR) is 106 cm³/mol. The number of rotatable bonds is 5. The lowest BCUT2D eigenvalue weighted by atomic mass is 10.2. The zero-order valence-corrected chi connectivity index (χ0v) is 16.9. The minimum Gasteiger partial charge on any atom is -0.449 e. The lowest BCUT2D eigenvalue weighted by Crippen LogP contribution is -2.22. The van der Waals surface area contributed by atoms with Crippen molar-refractivity contribution in [3.05, 3.63) is 84.1 Å². The van der Waals surface area contributed by atoms with Gasteiger partial charge >= 0.3 is 6.18 Å². The van der Waals surface area contributed by atoms with Gasteiger partial charge in [-0.05, 0) is 42.0 Å². The Labute approximate surface area is 179 Å². The molecule has 0 atom stereocenters. The second-order valence-corrected chi connectivity index (χ2v) is 8.62. The molecule has 0 aliphatic heterocycles. The van der Waals surface area contributed by atoms with E-state index in [-0.39, 0.29) is 17.2 Å². The molecule has 0 unspecified atom stereocenters. The van der Waals surface area contributed by atoms with Crippen LogP contribution in [0.4, 0.5) is 13.2 Å². The number of fused-ring (bicyclic) bond motifs is 1. The average molecular weight is 461 g/mol. The Morgan fingerprint density at radius 2 is 1.81 bits per heavy atom. The number of pyridine rings is 2. The van der Waals surface area contributed by atoms with Gasteiger partial charge in [-0.25, -0.2) is 8.42 Å². The molecule has 0 spiro atoms. The average Bonchev–Trinajstić information content (AvgIpc) is 3.22. The molecule has 1 amide bonds. The van der Waals surface area contributed by atoms with Gasteiger partial charge in [0, 0.05) is 24.3 Å². The third-order valence-electron chi connectivity index (χ3n) is 4.56. The van der Waals surface area contributed by atoms with Crippen molar-refractivity contribution in [1.82, 2.24) is 15.3 Å². The van der Waals surface area contributed by atoms with E-state index in [2.05, 4.69) is 15.3 Å². The molecule has 0 aliphatic rings. The van der Waals surface area contributed by atoms with Crippen LogP contribution < -0.4 is 5.32 Å². The summed E-state index contributed by atoms with van der Waals surface area (Å²) in [7, 11) is -4.45. The summed E-state index contributed by atoms with van der Waals surface area (Å²) in [5, 5.41) is 3.35. The zero-order valence-electron chi connectivity index (χ0n) is 16.1. The second-order valence-electron chi connectivity index (χ2n) is 6.70. The highest BCUT2D eigenvalue weighted by Crippen LogP contribution is 2.34. The van der Waals surface area contributed by atoms with Crippen LogP contribution in [0.2, 0.25) is 0 Å². The second kappa shape index (κ2) is 8.08. The van der Waals surface area contributed by atoms with E-state index in [1.807, 2.05) is 0 Å². The molecule has 7 nitrogen and oxygen atoms in total. The van der Waals surface area contributed by atoms with Gasteiger partial charge in [0.25, 0.3) is 5.91 Å². The van der Waals surface area contributed by atoms with E-state index in [1.54, 1.807) is 18.3 Å². The van der Waals surface area contributed by atoms with E-state index in [0.717, 1.165) is 18.3 Å². The largest absolute Gasteiger partial charge is 0.449 e. The Morgan fingerprint density at radius 3 is 2.50 bits per heavy atom. The summed E-state index contributed by atoms with van der Waals surface area (Å²) < 4.78 is 70.4. The lowest BCUT2D eigenvalue weighted by Gasteiger charge is -2.12. The molecule has 0 aliphatic carbocycles.